The topological polar surface area (TPSA) is 0 Å². The smallest absolute Gasteiger partial charge is 0.0332 e. The molecule has 0 aromatic carbocycles. The van der Waals surface area contributed by atoms with E-state index in [9.17, 15) is 0 Å². The first-order valence-corrected chi connectivity index (χ1v) is 4.62. The second-order valence-electron chi connectivity index (χ2n) is 1.92. The average molecular weight is 161 g/mol. The van der Waals surface area contributed by atoms with Gasteiger partial charge in [-0.25, -0.2) is 0 Å². The molecule has 0 aromatic heterocycles. The van der Waals surface area contributed by atoms with Crippen molar-refractivity contribution in [3.05, 3.63) is 23.1 Å². The highest BCUT2D eigenvalue weighted by Gasteiger charge is 2.11. The lowest BCUT2D eigenvalue weighted by Gasteiger charge is -2.05. The van der Waals surface area contributed by atoms with Crippen LogP contribution in [0.15, 0.2) is 23.1 Å². The third-order valence-corrected chi connectivity index (χ3v) is 2.61. The summed E-state index contributed by atoms with van der Waals surface area (Å²) in [4.78, 5) is 1.38. The number of hydrogen-bond acceptors (Lipinski definition) is 1. The molecule has 0 heterocycles. The molecule has 1 aliphatic carbocycles. The number of halogens is 1. The lowest BCUT2D eigenvalue weighted by atomic mass is 10.2. The van der Waals surface area contributed by atoms with Crippen molar-refractivity contribution >= 4 is 23.4 Å². The molecular weight excluding hydrogens is 152 g/mol. The zero-order valence-electron chi connectivity index (χ0n) is 5.30. The van der Waals surface area contributed by atoms with Crippen LogP contribution in [-0.2, 0) is 0 Å². The van der Waals surface area contributed by atoms with Crippen molar-refractivity contribution in [2.75, 3.05) is 12.1 Å². The molecule has 1 rings (SSSR count). The summed E-state index contributed by atoms with van der Waals surface area (Å²) in [5.41, 5.74) is 0. The molecule has 0 saturated heterocycles. The molecule has 0 radical (unpaired) electrons. The van der Waals surface area contributed by atoms with Crippen molar-refractivity contribution in [2.45, 2.75) is 0 Å². The zero-order valence-corrected chi connectivity index (χ0v) is 6.88. The van der Waals surface area contributed by atoms with Crippen LogP contribution in [0.25, 0.3) is 0 Å². The Kier molecular flexibility index (Phi) is 2.67. The highest BCUT2D eigenvalue weighted by molar-refractivity contribution is 8.02. The van der Waals surface area contributed by atoms with Crippen LogP contribution in [0.1, 0.15) is 0 Å². The Hall–Kier alpha value is 0.120. The standard InChI is InChI=1S/C7H9ClS/c1-9-7-4-2-3-6(7)5-8/h2-4,6H,5H2,1H3. The van der Waals surface area contributed by atoms with E-state index >= 15 is 0 Å². The van der Waals surface area contributed by atoms with Crippen molar-refractivity contribution in [3.8, 4) is 0 Å². The van der Waals surface area contributed by atoms with Crippen LogP contribution < -0.4 is 0 Å². The summed E-state index contributed by atoms with van der Waals surface area (Å²) >= 11 is 7.46. The van der Waals surface area contributed by atoms with Crippen LogP contribution in [0, 0.1) is 5.92 Å². The van der Waals surface area contributed by atoms with E-state index in [-0.39, 0.29) is 0 Å². The molecule has 0 saturated carbocycles. The van der Waals surface area contributed by atoms with E-state index in [4.69, 9.17) is 11.6 Å². The predicted octanol–water partition coefficient (Wildman–Crippen LogP) is 2.66. The van der Waals surface area contributed by atoms with Crippen LogP contribution in [0.5, 0.6) is 0 Å². The van der Waals surface area contributed by atoms with Gasteiger partial charge in [-0.15, -0.1) is 23.4 Å². The van der Waals surface area contributed by atoms with Gasteiger partial charge in [-0.05, 0) is 11.2 Å². The minimum atomic E-state index is 0.488. The average Bonchev–Trinajstić information content (AvgIpc) is 2.33. The maximum absolute atomic E-state index is 5.68. The van der Waals surface area contributed by atoms with Gasteiger partial charge in [0.15, 0.2) is 0 Å². The lowest BCUT2D eigenvalue weighted by molar-refractivity contribution is 0.952. The fourth-order valence-electron chi connectivity index (χ4n) is 0.850. The molecule has 1 unspecified atom stereocenters. The first-order chi connectivity index (χ1) is 4.38. The van der Waals surface area contributed by atoms with Gasteiger partial charge in [-0.2, -0.15) is 0 Å². The first-order valence-electron chi connectivity index (χ1n) is 2.87. The molecule has 0 aromatic rings. The van der Waals surface area contributed by atoms with E-state index in [1.165, 1.54) is 4.91 Å². The maximum Gasteiger partial charge on any atom is 0.0332 e. The Bertz CT molecular complexity index is 149. The maximum atomic E-state index is 5.68. The van der Waals surface area contributed by atoms with E-state index in [2.05, 4.69) is 24.5 Å². The second kappa shape index (κ2) is 3.33. The summed E-state index contributed by atoms with van der Waals surface area (Å²) < 4.78 is 0. The highest BCUT2D eigenvalue weighted by Crippen LogP contribution is 2.28. The SMILES string of the molecule is CSC1=CC=CC1CCl. The van der Waals surface area contributed by atoms with Gasteiger partial charge in [0.25, 0.3) is 0 Å². The van der Waals surface area contributed by atoms with Gasteiger partial charge in [0.1, 0.15) is 0 Å². The van der Waals surface area contributed by atoms with Crippen molar-refractivity contribution in [2.24, 2.45) is 5.92 Å². The molecule has 0 aliphatic heterocycles. The number of allylic oxidation sites excluding steroid dienone is 4. The van der Waals surface area contributed by atoms with E-state index in [0.717, 1.165) is 0 Å². The Balaban J connectivity index is 2.55. The second-order valence-corrected chi connectivity index (χ2v) is 3.11. The van der Waals surface area contributed by atoms with E-state index < -0.39 is 0 Å². The number of thioether (sulfide) groups is 1. The molecule has 0 bridgehead atoms. The summed E-state index contributed by atoms with van der Waals surface area (Å²) in [5.74, 6) is 1.20. The summed E-state index contributed by atoms with van der Waals surface area (Å²) in [6.07, 6.45) is 8.41. The number of alkyl halides is 1. The lowest BCUT2D eigenvalue weighted by Crippen LogP contribution is -1.95. The molecule has 0 fully saturated rings. The summed E-state index contributed by atoms with van der Waals surface area (Å²) in [5, 5.41) is 0. The largest absolute Gasteiger partial charge is 0.133 e. The summed E-state index contributed by atoms with van der Waals surface area (Å²) in [7, 11) is 0. The summed E-state index contributed by atoms with van der Waals surface area (Å²) in [6.45, 7) is 0. The van der Waals surface area contributed by atoms with Gasteiger partial charge in [-0.1, -0.05) is 18.2 Å². The van der Waals surface area contributed by atoms with Crippen molar-refractivity contribution in [1.82, 2.24) is 0 Å². The molecule has 0 N–H and O–H groups in total. The van der Waals surface area contributed by atoms with Gasteiger partial charge >= 0.3 is 0 Å². The third-order valence-electron chi connectivity index (χ3n) is 1.37. The quantitative estimate of drug-likeness (QED) is 0.560. The number of hydrogen-bond donors (Lipinski definition) is 0. The van der Waals surface area contributed by atoms with Crippen LogP contribution >= 0.6 is 23.4 Å². The molecular formula is C7H9ClS. The monoisotopic (exact) mass is 160 g/mol. The van der Waals surface area contributed by atoms with E-state index in [0.29, 0.717) is 11.8 Å². The molecule has 9 heavy (non-hydrogen) atoms. The molecule has 0 amide bonds. The Morgan fingerprint density at radius 2 is 2.56 bits per heavy atom. The van der Waals surface area contributed by atoms with Gasteiger partial charge in [-0.3, -0.25) is 0 Å². The van der Waals surface area contributed by atoms with Crippen LogP contribution in [0.4, 0.5) is 0 Å². The highest BCUT2D eigenvalue weighted by atomic mass is 35.5. The Labute approximate surface area is 65.0 Å². The van der Waals surface area contributed by atoms with Crippen LogP contribution in [0.3, 0.4) is 0 Å². The fraction of sp³-hybridized carbons (Fsp3) is 0.429. The third kappa shape index (κ3) is 1.53. The first kappa shape index (κ1) is 7.23. The van der Waals surface area contributed by atoms with Crippen LogP contribution in [0.2, 0.25) is 0 Å². The van der Waals surface area contributed by atoms with E-state index in [1.807, 2.05) is 0 Å². The van der Waals surface area contributed by atoms with Crippen LogP contribution in [-0.4, -0.2) is 12.1 Å². The predicted molar refractivity (Wildman–Crippen MR) is 44.9 cm³/mol. The van der Waals surface area contributed by atoms with Gasteiger partial charge in [0.2, 0.25) is 0 Å². The van der Waals surface area contributed by atoms with E-state index in [1.54, 1.807) is 11.8 Å². The Morgan fingerprint density at radius 3 is 3.00 bits per heavy atom. The Morgan fingerprint density at radius 1 is 1.78 bits per heavy atom. The minimum Gasteiger partial charge on any atom is -0.133 e. The molecule has 50 valence electrons. The normalized spacial score (nSPS) is 24.7. The van der Waals surface area contributed by atoms with Gasteiger partial charge in [0.05, 0.1) is 0 Å². The molecule has 0 nitrogen and oxygen atoms in total. The van der Waals surface area contributed by atoms with Crippen molar-refractivity contribution < 1.29 is 0 Å². The zero-order chi connectivity index (χ0) is 6.69. The molecule has 0 spiro atoms. The van der Waals surface area contributed by atoms with Gasteiger partial charge in [0, 0.05) is 11.8 Å². The van der Waals surface area contributed by atoms with Gasteiger partial charge < -0.3 is 0 Å². The molecule has 1 atom stereocenters. The van der Waals surface area contributed by atoms with Crippen molar-refractivity contribution in [1.29, 1.82) is 0 Å². The summed E-state index contributed by atoms with van der Waals surface area (Å²) in [6, 6.07) is 0. The number of rotatable bonds is 2. The molecule has 1 aliphatic rings. The minimum absolute atomic E-state index is 0.488. The fourth-order valence-corrected chi connectivity index (χ4v) is 1.89. The van der Waals surface area contributed by atoms with Crippen molar-refractivity contribution in [3.63, 3.8) is 0 Å². The molecule has 2 heteroatoms.